The lowest BCUT2D eigenvalue weighted by molar-refractivity contribution is 0.0733. The molecule has 0 fully saturated rings. The first-order valence-electron chi connectivity index (χ1n) is 9.15. The number of likely N-dealkylation sites (N-methyl/N-ethyl adjacent to an activating group) is 1. The highest BCUT2D eigenvalue weighted by Gasteiger charge is 2.25. The first-order chi connectivity index (χ1) is 12.1. The van der Waals surface area contributed by atoms with E-state index in [-0.39, 0.29) is 5.91 Å². The van der Waals surface area contributed by atoms with E-state index in [0.29, 0.717) is 0 Å². The van der Waals surface area contributed by atoms with Crippen LogP contribution in [0.15, 0.2) is 34.9 Å². The van der Waals surface area contributed by atoms with Crippen LogP contribution in [-0.4, -0.2) is 48.9 Å². The quantitative estimate of drug-likeness (QED) is 0.774. The standard InChI is InChI=1S/C21H28N2O2/c1-16-7-8-20-19(17(16)2)10-14-23(21(20)24)12-5-11-22(3)13-9-18-6-4-15-25-18/h4,6-8,15H,5,9-14H2,1-3H3. The lowest BCUT2D eigenvalue weighted by Gasteiger charge is -2.30. The molecule has 0 N–H and O–H groups in total. The van der Waals surface area contributed by atoms with Crippen LogP contribution < -0.4 is 0 Å². The maximum absolute atomic E-state index is 12.7. The molecule has 0 radical (unpaired) electrons. The van der Waals surface area contributed by atoms with Gasteiger partial charge in [-0.05, 0) is 75.2 Å². The molecule has 134 valence electrons. The Balaban J connectivity index is 1.47. The van der Waals surface area contributed by atoms with Crippen molar-refractivity contribution in [3.05, 3.63) is 58.5 Å². The molecule has 0 spiro atoms. The maximum Gasteiger partial charge on any atom is 0.254 e. The highest BCUT2D eigenvalue weighted by molar-refractivity contribution is 5.97. The third-order valence-electron chi connectivity index (χ3n) is 5.31. The van der Waals surface area contributed by atoms with Crippen molar-refractivity contribution < 1.29 is 9.21 Å². The number of carbonyl (C=O) groups excluding carboxylic acids is 1. The van der Waals surface area contributed by atoms with Crippen molar-refractivity contribution in [3.63, 3.8) is 0 Å². The number of carbonyl (C=O) groups is 1. The predicted octanol–water partition coefficient (Wildman–Crippen LogP) is 3.46. The highest BCUT2D eigenvalue weighted by Crippen LogP contribution is 2.24. The average Bonchev–Trinajstić information content (AvgIpc) is 3.12. The van der Waals surface area contributed by atoms with Crippen molar-refractivity contribution in [2.24, 2.45) is 0 Å². The molecule has 0 saturated carbocycles. The first-order valence-corrected chi connectivity index (χ1v) is 9.15. The van der Waals surface area contributed by atoms with E-state index >= 15 is 0 Å². The van der Waals surface area contributed by atoms with E-state index in [1.165, 1.54) is 16.7 Å². The Morgan fingerprint density at radius 1 is 1.20 bits per heavy atom. The lowest BCUT2D eigenvalue weighted by atomic mass is 9.91. The fraction of sp³-hybridized carbons (Fsp3) is 0.476. The highest BCUT2D eigenvalue weighted by atomic mass is 16.3. The Bertz CT molecular complexity index is 722. The van der Waals surface area contributed by atoms with E-state index in [1.54, 1.807) is 6.26 Å². The van der Waals surface area contributed by atoms with Gasteiger partial charge < -0.3 is 14.2 Å². The second-order valence-electron chi connectivity index (χ2n) is 7.06. The summed E-state index contributed by atoms with van der Waals surface area (Å²) in [6.45, 7) is 7.88. The number of amides is 1. The lowest BCUT2D eigenvalue weighted by Crippen LogP contribution is -2.39. The summed E-state index contributed by atoms with van der Waals surface area (Å²) in [6.07, 6.45) is 4.62. The molecule has 25 heavy (non-hydrogen) atoms. The summed E-state index contributed by atoms with van der Waals surface area (Å²) in [6, 6.07) is 8.01. The molecule has 1 aromatic carbocycles. The van der Waals surface area contributed by atoms with Gasteiger partial charge in [0.05, 0.1) is 6.26 Å². The van der Waals surface area contributed by atoms with Gasteiger partial charge >= 0.3 is 0 Å². The molecular weight excluding hydrogens is 312 g/mol. The summed E-state index contributed by atoms with van der Waals surface area (Å²) in [5, 5.41) is 0. The number of aryl methyl sites for hydroxylation is 1. The number of fused-ring (bicyclic) bond motifs is 1. The number of furan rings is 1. The molecule has 4 nitrogen and oxygen atoms in total. The third kappa shape index (κ3) is 4.13. The first kappa shape index (κ1) is 17.7. The summed E-state index contributed by atoms with van der Waals surface area (Å²) in [4.78, 5) is 17.1. The fourth-order valence-electron chi connectivity index (χ4n) is 3.53. The van der Waals surface area contributed by atoms with Gasteiger partial charge in [-0.3, -0.25) is 4.79 Å². The van der Waals surface area contributed by atoms with Gasteiger partial charge in [0.15, 0.2) is 0 Å². The van der Waals surface area contributed by atoms with Crippen LogP contribution in [0.5, 0.6) is 0 Å². The van der Waals surface area contributed by atoms with E-state index < -0.39 is 0 Å². The van der Waals surface area contributed by atoms with E-state index in [1.807, 2.05) is 23.1 Å². The Labute approximate surface area is 150 Å². The van der Waals surface area contributed by atoms with E-state index in [0.717, 1.165) is 56.8 Å². The van der Waals surface area contributed by atoms with Crippen molar-refractivity contribution in [2.45, 2.75) is 33.1 Å². The van der Waals surface area contributed by atoms with Gasteiger partial charge in [0.25, 0.3) is 5.91 Å². The zero-order chi connectivity index (χ0) is 17.8. The molecule has 1 aliphatic rings. The van der Waals surface area contributed by atoms with Crippen LogP contribution in [0.2, 0.25) is 0 Å². The van der Waals surface area contributed by atoms with Crippen LogP contribution in [0, 0.1) is 13.8 Å². The van der Waals surface area contributed by atoms with Crippen molar-refractivity contribution in [2.75, 3.05) is 33.2 Å². The molecule has 1 amide bonds. The zero-order valence-corrected chi connectivity index (χ0v) is 15.5. The van der Waals surface area contributed by atoms with Crippen LogP contribution in [0.3, 0.4) is 0 Å². The number of benzene rings is 1. The van der Waals surface area contributed by atoms with E-state index in [2.05, 4.69) is 31.9 Å². The number of hydrogen-bond acceptors (Lipinski definition) is 3. The molecule has 0 saturated heterocycles. The minimum atomic E-state index is 0.197. The minimum absolute atomic E-state index is 0.197. The molecule has 3 rings (SSSR count). The largest absolute Gasteiger partial charge is 0.469 e. The zero-order valence-electron chi connectivity index (χ0n) is 15.5. The summed E-state index contributed by atoms with van der Waals surface area (Å²) >= 11 is 0. The number of hydrogen-bond donors (Lipinski definition) is 0. The second-order valence-corrected chi connectivity index (χ2v) is 7.06. The van der Waals surface area contributed by atoms with Crippen LogP contribution in [0.4, 0.5) is 0 Å². The fourth-order valence-corrected chi connectivity index (χ4v) is 3.53. The Kier molecular flexibility index (Phi) is 5.59. The molecule has 1 aromatic heterocycles. The maximum atomic E-state index is 12.7. The summed E-state index contributed by atoms with van der Waals surface area (Å²) in [5.74, 6) is 1.22. The van der Waals surface area contributed by atoms with Gasteiger partial charge in [-0.15, -0.1) is 0 Å². The van der Waals surface area contributed by atoms with Crippen molar-refractivity contribution in [3.8, 4) is 0 Å². The molecular formula is C21H28N2O2. The molecule has 0 atom stereocenters. The van der Waals surface area contributed by atoms with Crippen LogP contribution >= 0.6 is 0 Å². The molecule has 0 unspecified atom stereocenters. The van der Waals surface area contributed by atoms with Gasteiger partial charge in [0.2, 0.25) is 0 Å². The normalized spacial score (nSPS) is 14.2. The van der Waals surface area contributed by atoms with Gasteiger partial charge in [-0.1, -0.05) is 6.07 Å². The molecule has 1 aliphatic heterocycles. The minimum Gasteiger partial charge on any atom is -0.469 e. The van der Waals surface area contributed by atoms with Gasteiger partial charge in [-0.2, -0.15) is 0 Å². The van der Waals surface area contributed by atoms with Gasteiger partial charge in [0, 0.05) is 31.6 Å². The summed E-state index contributed by atoms with van der Waals surface area (Å²) in [7, 11) is 2.13. The summed E-state index contributed by atoms with van der Waals surface area (Å²) in [5.41, 5.74) is 4.71. The van der Waals surface area contributed by atoms with Gasteiger partial charge in [-0.25, -0.2) is 0 Å². The number of nitrogens with zero attached hydrogens (tertiary/aromatic N) is 2. The molecule has 0 bridgehead atoms. The third-order valence-corrected chi connectivity index (χ3v) is 5.31. The van der Waals surface area contributed by atoms with Crippen LogP contribution in [0.1, 0.15) is 39.2 Å². The number of rotatable bonds is 7. The SMILES string of the molecule is Cc1ccc2c(c1C)CCN(CCCN(C)CCc1ccco1)C2=O. The van der Waals surface area contributed by atoms with Crippen molar-refractivity contribution >= 4 is 5.91 Å². The van der Waals surface area contributed by atoms with Crippen LogP contribution in [-0.2, 0) is 12.8 Å². The monoisotopic (exact) mass is 340 g/mol. The Morgan fingerprint density at radius 2 is 2.04 bits per heavy atom. The Morgan fingerprint density at radius 3 is 2.80 bits per heavy atom. The van der Waals surface area contributed by atoms with Crippen LogP contribution in [0.25, 0.3) is 0 Å². The smallest absolute Gasteiger partial charge is 0.254 e. The molecule has 2 heterocycles. The van der Waals surface area contributed by atoms with Gasteiger partial charge in [0.1, 0.15) is 5.76 Å². The van der Waals surface area contributed by atoms with Crippen molar-refractivity contribution in [1.82, 2.24) is 9.80 Å². The van der Waals surface area contributed by atoms with E-state index in [9.17, 15) is 4.79 Å². The Hall–Kier alpha value is -2.07. The van der Waals surface area contributed by atoms with E-state index in [4.69, 9.17) is 4.42 Å². The molecule has 2 aromatic rings. The topological polar surface area (TPSA) is 36.7 Å². The summed E-state index contributed by atoms with van der Waals surface area (Å²) < 4.78 is 5.37. The second kappa shape index (κ2) is 7.87. The van der Waals surface area contributed by atoms with Crippen molar-refractivity contribution in [1.29, 1.82) is 0 Å². The predicted molar refractivity (Wildman–Crippen MR) is 100 cm³/mol. The molecule has 0 aliphatic carbocycles. The average molecular weight is 340 g/mol. The molecule has 4 heteroatoms.